The van der Waals surface area contributed by atoms with Gasteiger partial charge in [-0.3, -0.25) is 4.79 Å². The summed E-state index contributed by atoms with van der Waals surface area (Å²) >= 11 is 0. The van der Waals surface area contributed by atoms with Gasteiger partial charge in [-0.15, -0.1) is 0 Å². The number of rotatable bonds is 1. The molecule has 0 aromatic heterocycles. The van der Waals surface area contributed by atoms with Crippen LogP contribution in [0.5, 0.6) is 0 Å². The van der Waals surface area contributed by atoms with Crippen LogP contribution in [0.1, 0.15) is 33.6 Å². The number of hydrogen-bond donors (Lipinski definition) is 2. The molecule has 3 N–H and O–H groups in total. The Morgan fingerprint density at radius 1 is 1.36 bits per heavy atom. The van der Waals surface area contributed by atoms with Gasteiger partial charge < -0.3 is 15.7 Å². The van der Waals surface area contributed by atoms with E-state index in [-0.39, 0.29) is 17.4 Å². The zero-order valence-electron chi connectivity index (χ0n) is 12.6. The third kappa shape index (κ3) is 5.89. The monoisotopic (exact) mass is 323 g/mol. The van der Waals surface area contributed by atoms with E-state index in [1.54, 1.807) is 4.90 Å². The van der Waals surface area contributed by atoms with Gasteiger partial charge in [-0.05, 0) is 18.3 Å². The van der Waals surface area contributed by atoms with Crippen LogP contribution in [0.2, 0.25) is 0 Å². The molecule has 22 heavy (non-hydrogen) atoms. The van der Waals surface area contributed by atoms with Crippen molar-refractivity contribution < 1.29 is 27.9 Å². The van der Waals surface area contributed by atoms with Crippen molar-refractivity contribution in [1.29, 1.82) is 5.26 Å². The lowest BCUT2D eigenvalue weighted by molar-refractivity contribution is -0.192. The molecule has 1 fully saturated rings. The second-order valence-electron chi connectivity index (χ2n) is 5.97. The van der Waals surface area contributed by atoms with Crippen LogP contribution in [0, 0.1) is 16.7 Å². The van der Waals surface area contributed by atoms with Gasteiger partial charge in [-0.2, -0.15) is 18.4 Å². The topological polar surface area (TPSA) is 107 Å². The van der Waals surface area contributed by atoms with Gasteiger partial charge in [0.05, 0.1) is 12.1 Å². The zero-order valence-corrected chi connectivity index (χ0v) is 12.6. The van der Waals surface area contributed by atoms with Gasteiger partial charge in [0.25, 0.3) is 0 Å². The van der Waals surface area contributed by atoms with Gasteiger partial charge in [-0.1, -0.05) is 20.8 Å². The fourth-order valence-electron chi connectivity index (χ4n) is 1.71. The first kappa shape index (κ1) is 20.2. The molecule has 0 bridgehead atoms. The normalized spacial score (nSPS) is 19.7. The van der Waals surface area contributed by atoms with Crippen LogP contribution >= 0.6 is 0 Å². The van der Waals surface area contributed by atoms with Gasteiger partial charge >= 0.3 is 12.1 Å². The molecule has 1 aliphatic heterocycles. The van der Waals surface area contributed by atoms with Crippen molar-refractivity contribution in [2.45, 2.75) is 51.9 Å². The maximum Gasteiger partial charge on any atom is 0.490 e. The lowest BCUT2D eigenvalue weighted by Gasteiger charge is -2.31. The molecule has 126 valence electrons. The number of halogens is 3. The lowest BCUT2D eigenvalue weighted by Crippen LogP contribution is -2.51. The van der Waals surface area contributed by atoms with E-state index in [2.05, 4.69) is 6.07 Å². The summed E-state index contributed by atoms with van der Waals surface area (Å²) in [7, 11) is 0. The summed E-state index contributed by atoms with van der Waals surface area (Å²) < 4.78 is 31.7. The van der Waals surface area contributed by atoms with Crippen LogP contribution in [0.3, 0.4) is 0 Å². The molecule has 1 aliphatic rings. The maximum atomic E-state index is 12.0. The third-order valence-corrected chi connectivity index (χ3v) is 3.13. The smallest absolute Gasteiger partial charge is 0.475 e. The van der Waals surface area contributed by atoms with Crippen LogP contribution in [0.15, 0.2) is 0 Å². The quantitative estimate of drug-likeness (QED) is 0.760. The minimum absolute atomic E-state index is 0.0912. The van der Waals surface area contributed by atoms with Crippen molar-refractivity contribution in [2.24, 2.45) is 11.1 Å². The highest BCUT2D eigenvalue weighted by atomic mass is 19.4. The van der Waals surface area contributed by atoms with Gasteiger partial charge in [0.1, 0.15) is 6.04 Å². The van der Waals surface area contributed by atoms with Crippen molar-refractivity contribution in [3.05, 3.63) is 0 Å². The molecule has 0 aromatic carbocycles. The Hall–Kier alpha value is -1.82. The van der Waals surface area contributed by atoms with Crippen LogP contribution in [-0.4, -0.2) is 46.7 Å². The fraction of sp³-hybridized carbons (Fsp3) is 0.769. The first-order valence-corrected chi connectivity index (χ1v) is 6.58. The highest BCUT2D eigenvalue weighted by Gasteiger charge is 2.38. The van der Waals surface area contributed by atoms with Crippen molar-refractivity contribution in [1.82, 2.24) is 4.90 Å². The summed E-state index contributed by atoms with van der Waals surface area (Å²) in [6.45, 7) is 6.48. The summed E-state index contributed by atoms with van der Waals surface area (Å²) in [5.41, 5.74) is 5.64. The Labute approximate surface area is 126 Å². The molecular weight excluding hydrogens is 303 g/mol. The van der Waals surface area contributed by atoms with E-state index in [1.807, 2.05) is 20.8 Å². The number of carbonyl (C=O) groups excluding carboxylic acids is 1. The van der Waals surface area contributed by atoms with E-state index in [0.717, 1.165) is 12.8 Å². The number of likely N-dealkylation sites (tertiary alicyclic amines) is 1. The van der Waals surface area contributed by atoms with Gasteiger partial charge in [-0.25, -0.2) is 4.79 Å². The molecule has 1 saturated heterocycles. The summed E-state index contributed by atoms with van der Waals surface area (Å²) in [5, 5.41) is 16.0. The fourth-order valence-corrected chi connectivity index (χ4v) is 1.71. The number of carboxylic acids is 1. The molecule has 0 spiro atoms. The SMILES string of the molecule is CC(C)(C)[C@H](N)C(=O)N1CCC[C@H]1C#N.O=C(O)C(F)(F)F. The number of amides is 1. The number of nitriles is 1. The van der Waals surface area contributed by atoms with Crippen LogP contribution in [0.25, 0.3) is 0 Å². The summed E-state index contributed by atoms with van der Waals surface area (Å²) in [4.78, 5) is 22.5. The van der Waals surface area contributed by atoms with E-state index in [1.165, 1.54) is 0 Å². The summed E-state index contributed by atoms with van der Waals surface area (Å²) in [5.74, 6) is -2.85. The summed E-state index contributed by atoms with van der Waals surface area (Å²) in [6.07, 6.45) is -3.40. The molecule has 0 saturated carbocycles. The van der Waals surface area contributed by atoms with Crippen LogP contribution in [-0.2, 0) is 9.59 Å². The Bertz CT molecular complexity index is 452. The minimum Gasteiger partial charge on any atom is -0.475 e. The predicted molar refractivity (Wildman–Crippen MR) is 71.5 cm³/mol. The number of alkyl halides is 3. The Kier molecular flexibility index (Phi) is 6.83. The number of aliphatic carboxylic acids is 1. The molecule has 1 heterocycles. The largest absolute Gasteiger partial charge is 0.490 e. The molecule has 9 heteroatoms. The first-order chi connectivity index (χ1) is 9.82. The Morgan fingerprint density at radius 3 is 2.14 bits per heavy atom. The number of nitrogens with two attached hydrogens (primary N) is 1. The molecule has 0 aliphatic carbocycles. The average Bonchev–Trinajstić information content (AvgIpc) is 2.83. The third-order valence-electron chi connectivity index (χ3n) is 3.13. The van der Waals surface area contributed by atoms with Crippen molar-refractivity contribution in [3.8, 4) is 6.07 Å². The van der Waals surface area contributed by atoms with Gasteiger partial charge in [0, 0.05) is 6.54 Å². The maximum absolute atomic E-state index is 12.0. The highest BCUT2D eigenvalue weighted by Crippen LogP contribution is 2.23. The standard InChI is InChI=1S/C11H19N3O.C2HF3O2/c1-11(2,3)9(13)10(15)14-6-4-5-8(14)7-12;3-2(4,5)1(6)7/h8-9H,4-6,13H2,1-3H3;(H,6,7)/t8-,9+;/m0./s1. The highest BCUT2D eigenvalue weighted by molar-refractivity contribution is 5.83. The van der Waals surface area contributed by atoms with E-state index in [0.29, 0.717) is 6.54 Å². The molecular formula is C13H20F3N3O3. The predicted octanol–water partition coefficient (Wildman–Crippen LogP) is 1.51. The molecule has 0 radical (unpaired) electrons. The number of hydrogen-bond acceptors (Lipinski definition) is 4. The minimum atomic E-state index is -5.08. The zero-order chi connectivity index (χ0) is 17.7. The molecule has 0 aromatic rings. The van der Waals surface area contributed by atoms with Crippen LogP contribution in [0.4, 0.5) is 13.2 Å². The lowest BCUT2D eigenvalue weighted by atomic mass is 9.86. The number of nitrogens with zero attached hydrogens (tertiary/aromatic N) is 2. The molecule has 6 nitrogen and oxygen atoms in total. The van der Waals surface area contributed by atoms with E-state index in [9.17, 15) is 18.0 Å². The molecule has 2 atom stereocenters. The van der Waals surface area contributed by atoms with Crippen molar-refractivity contribution in [3.63, 3.8) is 0 Å². The Balaban J connectivity index is 0.000000534. The Morgan fingerprint density at radius 2 is 1.82 bits per heavy atom. The second kappa shape index (κ2) is 7.45. The van der Waals surface area contributed by atoms with E-state index in [4.69, 9.17) is 20.9 Å². The second-order valence-corrected chi connectivity index (χ2v) is 5.97. The molecule has 1 rings (SSSR count). The van der Waals surface area contributed by atoms with Gasteiger partial charge in [0.2, 0.25) is 5.91 Å². The van der Waals surface area contributed by atoms with Gasteiger partial charge in [0.15, 0.2) is 0 Å². The first-order valence-electron chi connectivity index (χ1n) is 6.58. The number of carboxylic acid groups (broad SMARTS) is 1. The van der Waals surface area contributed by atoms with Crippen molar-refractivity contribution >= 4 is 11.9 Å². The van der Waals surface area contributed by atoms with Crippen molar-refractivity contribution in [2.75, 3.05) is 6.54 Å². The van der Waals surface area contributed by atoms with Crippen LogP contribution < -0.4 is 5.73 Å². The van der Waals surface area contributed by atoms with E-state index >= 15 is 0 Å². The summed E-state index contributed by atoms with van der Waals surface area (Å²) in [6, 6.07) is 1.36. The average molecular weight is 323 g/mol. The molecule has 1 amide bonds. The molecule has 0 unspecified atom stereocenters. The number of carbonyl (C=O) groups is 2. The van der Waals surface area contributed by atoms with E-state index < -0.39 is 18.2 Å².